The van der Waals surface area contributed by atoms with Crippen molar-refractivity contribution in [3.63, 3.8) is 0 Å². The fourth-order valence-corrected chi connectivity index (χ4v) is 4.74. The van der Waals surface area contributed by atoms with Gasteiger partial charge in [-0.2, -0.15) is 0 Å². The first-order chi connectivity index (χ1) is 16.6. The highest BCUT2D eigenvalue weighted by atomic mass is 16.5. The van der Waals surface area contributed by atoms with E-state index in [0.717, 1.165) is 22.3 Å². The number of amides is 2. The zero-order valence-electron chi connectivity index (χ0n) is 21.0. The molecule has 2 amide bonds. The van der Waals surface area contributed by atoms with E-state index in [1.165, 1.54) is 25.9 Å². The van der Waals surface area contributed by atoms with Gasteiger partial charge < -0.3 is 24.8 Å². The van der Waals surface area contributed by atoms with Gasteiger partial charge in [-0.25, -0.2) is 9.59 Å². The van der Waals surface area contributed by atoms with Crippen molar-refractivity contribution in [2.45, 2.75) is 51.1 Å². The number of aliphatic carboxylic acids is 1. The number of hydrogen-bond donors (Lipinski definition) is 2. The van der Waals surface area contributed by atoms with Crippen LogP contribution >= 0.6 is 0 Å². The van der Waals surface area contributed by atoms with Crippen LogP contribution in [-0.4, -0.2) is 65.9 Å². The highest BCUT2D eigenvalue weighted by Gasteiger charge is 2.47. The SMILES string of the molecule is CCN(C(=O)C(CC)(COC)NC(=O)OCC1c2ccccc2-c2ccccc21)C(C)(C)C(=O)O. The smallest absolute Gasteiger partial charge is 0.408 e. The summed E-state index contributed by atoms with van der Waals surface area (Å²) in [6, 6.07) is 16.0. The molecule has 1 aliphatic rings. The molecular weight excluding hydrogens is 448 g/mol. The quantitative estimate of drug-likeness (QED) is 0.530. The average Bonchev–Trinajstić information content (AvgIpc) is 3.16. The monoisotopic (exact) mass is 482 g/mol. The summed E-state index contributed by atoms with van der Waals surface area (Å²) in [5.74, 6) is -1.80. The number of ether oxygens (including phenoxy) is 2. The summed E-state index contributed by atoms with van der Waals surface area (Å²) in [5.41, 5.74) is 1.45. The lowest BCUT2D eigenvalue weighted by Crippen LogP contribution is -2.66. The van der Waals surface area contributed by atoms with E-state index in [-0.39, 0.29) is 32.1 Å². The number of likely N-dealkylation sites (N-methyl/N-ethyl adjacent to an activating group) is 1. The maximum Gasteiger partial charge on any atom is 0.408 e. The van der Waals surface area contributed by atoms with Crippen LogP contribution in [0.5, 0.6) is 0 Å². The maximum atomic E-state index is 13.6. The molecule has 0 saturated heterocycles. The number of carbonyl (C=O) groups excluding carboxylic acids is 2. The summed E-state index contributed by atoms with van der Waals surface area (Å²) in [7, 11) is 1.43. The second kappa shape index (κ2) is 10.5. The Bertz CT molecular complexity index is 1050. The van der Waals surface area contributed by atoms with Gasteiger partial charge in [-0.15, -0.1) is 0 Å². The van der Waals surface area contributed by atoms with E-state index >= 15 is 0 Å². The van der Waals surface area contributed by atoms with Crippen LogP contribution in [0.4, 0.5) is 4.79 Å². The summed E-state index contributed by atoms with van der Waals surface area (Å²) in [5, 5.41) is 12.4. The van der Waals surface area contributed by atoms with Gasteiger partial charge in [0.2, 0.25) is 0 Å². The third-order valence-corrected chi connectivity index (χ3v) is 6.85. The predicted molar refractivity (Wildman–Crippen MR) is 132 cm³/mol. The molecule has 0 spiro atoms. The molecule has 1 unspecified atom stereocenters. The molecule has 0 fully saturated rings. The van der Waals surface area contributed by atoms with Crippen molar-refractivity contribution < 1.29 is 29.0 Å². The Hall–Kier alpha value is -3.39. The van der Waals surface area contributed by atoms with Gasteiger partial charge >= 0.3 is 12.1 Å². The first-order valence-electron chi connectivity index (χ1n) is 11.8. The molecule has 2 aromatic rings. The molecule has 0 radical (unpaired) electrons. The second-order valence-electron chi connectivity index (χ2n) is 9.23. The number of rotatable bonds is 10. The van der Waals surface area contributed by atoms with Gasteiger partial charge in [0.15, 0.2) is 0 Å². The lowest BCUT2D eigenvalue weighted by atomic mass is 9.91. The van der Waals surface area contributed by atoms with E-state index in [0.29, 0.717) is 0 Å². The van der Waals surface area contributed by atoms with Crippen LogP contribution < -0.4 is 5.32 Å². The van der Waals surface area contributed by atoms with Gasteiger partial charge in [-0.3, -0.25) is 4.79 Å². The summed E-state index contributed by atoms with van der Waals surface area (Å²) >= 11 is 0. The van der Waals surface area contributed by atoms with Crippen molar-refractivity contribution in [1.82, 2.24) is 10.2 Å². The first kappa shape index (κ1) is 26.2. The second-order valence-corrected chi connectivity index (χ2v) is 9.23. The third-order valence-electron chi connectivity index (χ3n) is 6.85. The van der Waals surface area contributed by atoms with Gasteiger partial charge in [0, 0.05) is 19.6 Å². The van der Waals surface area contributed by atoms with Crippen molar-refractivity contribution in [1.29, 1.82) is 0 Å². The summed E-state index contributed by atoms with van der Waals surface area (Å²) < 4.78 is 10.9. The molecule has 8 heteroatoms. The number of alkyl carbamates (subject to hydrolysis) is 1. The number of methoxy groups -OCH3 is 1. The van der Waals surface area contributed by atoms with Crippen LogP contribution in [0.3, 0.4) is 0 Å². The molecule has 1 atom stereocenters. The van der Waals surface area contributed by atoms with Crippen molar-refractivity contribution in [3.8, 4) is 11.1 Å². The predicted octanol–water partition coefficient (Wildman–Crippen LogP) is 4.03. The van der Waals surface area contributed by atoms with Crippen molar-refractivity contribution >= 4 is 18.0 Å². The van der Waals surface area contributed by atoms with E-state index in [4.69, 9.17) is 9.47 Å². The molecule has 2 N–H and O–H groups in total. The minimum absolute atomic E-state index is 0.0962. The molecule has 8 nitrogen and oxygen atoms in total. The molecule has 188 valence electrons. The zero-order chi connectivity index (χ0) is 25.8. The van der Waals surface area contributed by atoms with Crippen molar-refractivity contribution in [2.75, 3.05) is 26.9 Å². The normalized spacial score (nSPS) is 14.4. The van der Waals surface area contributed by atoms with E-state index in [1.807, 2.05) is 36.4 Å². The number of carbonyl (C=O) groups is 3. The summed E-state index contributed by atoms with van der Waals surface area (Å²) in [6.45, 7) is 6.47. The number of carboxylic acid groups (broad SMARTS) is 1. The molecule has 3 rings (SSSR count). The number of benzene rings is 2. The van der Waals surface area contributed by atoms with E-state index in [1.54, 1.807) is 13.8 Å². The van der Waals surface area contributed by atoms with Crippen LogP contribution in [0.2, 0.25) is 0 Å². The van der Waals surface area contributed by atoms with Gasteiger partial charge in [0.25, 0.3) is 5.91 Å². The Morgan fingerprint density at radius 1 is 1.00 bits per heavy atom. The Balaban J connectivity index is 1.81. The first-order valence-corrected chi connectivity index (χ1v) is 11.8. The Morgan fingerprint density at radius 2 is 1.54 bits per heavy atom. The van der Waals surface area contributed by atoms with Gasteiger partial charge in [-0.05, 0) is 49.4 Å². The summed E-state index contributed by atoms with van der Waals surface area (Å²) in [4.78, 5) is 39.7. The molecule has 0 heterocycles. The summed E-state index contributed by atoms with van der Waals surface area (Å²) in [6.07, 6.45) is -0.570. The number of fused-ring (bicyclic) bond motifs is 3. The Labute approximate surface area is 206 Å². The molecule has 0 saturated carbocycles. The zero-order valence-corrected chi connectivity index (χ0v) is 21.0. The lowest BCUT2D eigenvalue weighted by molar-refractivity contribution is -0.160. The Morgan fingerprint density at radius 3 is 2.00 bits per heavy atom. The molecule has 2 aromatic carbocycles. The molecule has 0 aliphatic heterocycles. The largest absolute Gasteiger partial charge is 0.480 e. The van der Waals surface area contributed by atoms with Crippen LogP contribution in [0.15, 0.2) is 48.5 Å². The van der Waals surface area contributed by atoms with Gasteiger partial charge in [0.05, 0.1) is 6.61 Å². The van der Waals surface area contributed by atoms with Crippen LogP contribution in [-0.2, 0) is 19.1 Å². The third kappa shape index (κ3) is 4.89. The Kier molecular flexibility index (Phi) is 7.85. The fourth-order valence-electron chi connectivity index (χ4n) is 4.74. The standard InChI is InChI=1S/C27H34N2O6/c1-6-27(17-34-5,23(30)29(7-2)26(3,4)24(31)32)28-25(33)35-16-22-20-14-10-8-12-18(20)19-13-9-11-15-21(19)22/h8-15,22H,6-7,16-17H2,1-5H3,(H,28,33)(H,31,32). The molecule has 1 aliphatic carbocycles. The van der Waals surface area contributed by atoms with Crippen LogP contribution in [0.25, 0.3) is 11.1 Å². The molecule has 0 bridgehead atoms. The van der Waals surface area contributed by atoms with Gasteiger partial charge in [0.1, 0.15) is 17.7 Å². The molecule has 0 aromatic heterocycles. The van der Waals surface area contributed by atoms with Crippen molar-refractivity contribution in [3.05, 3.63) is 59.7 Å². The highest BCUT2D eigenvalue weighted by molar-refractivity contribution is 5.94. The maximum absolute atomic E-state index is 13.6. The average molecular weight is 483 g/mol. The topological polar surface area (TPSA) is 105 Å². The lowest BCUT2D eigenvalue weighted by Gasteiger charge is -2.41. The molecule has 35 heavy (non-hydrogen) atoms. The number of carboxylic acids is 1. The minimum atomic E-state index is -1.47. The number of nitrogens with one attached hydrogen (secondary N) is 1. The van der Waals surface area contributed by atoms with Gasteiger partial charge in [-0.1, -0.05) is 55.5 Å². The van der Waals surface area contributed by atoms with Crippen molar-refractivity contribution in [2.24, 2.45) is 0 Å². The van der Waals surface area contributed by atoms with E-state index in [2.05, 4.69) is 17.4 Å². The number of nitrogens with zero attached hydrogens (tertiary/aromatic N) is 1. The fraction of sp³-hybridized carbons (Fsp3) is 0.444. The number of hydrogen-bond acceptors (Lipinski definition) is 5. The minimum Gasteiger partial charge on any atom is -0.480 e. The van der Waals surface area contributed by atoms with Crippen LogP contribution in [0, 0.1) is 0 Å². The molecular formula is C27H34N2O6. The van der Waals surface area contributed by atoms with E-state index < -0.39 is 29.0 Å². The van der Waals surface area contributed by atoms with E-state index in [9.17, 15) is 19.5 Å². The van der Waals surface area contributed by atoms with Crippen LogP contribution in [0.1, 0.15) is 51.2 Å². The highest BCUT2D eigenvalue weighted by Crippen LogP contribution is 2.44.